The van der Waals surface area contributed by atoms with Crippen molar-refractivity contribution in [3.63, 3.8) is 0 Å². The van der Waals surface area contributed by atoms with E-state index in [0.29, 0.717) is 6.04 Å². The molecule has 0 fully saturated rings. The van der Waals surface area contributed by atoms with Crippen molar-refractivity contribution in [1.29, 1.82) is 0 Å². The lowest BCUT2D eigenvalue weighted by Gasteiger charge is -2.15. The van der Waals surface area contributed by atoms with Gasteiger partial charge in [-0.3, -0.25) is 0 Å². The van der Waals surface area contributed by atoms with Gasteiger partial charge in [-0.05, 0) is 24.8 Å². The highest BCUT2D eigenvalue weighted by Crippen LogP contribution is 2.21. The Morgan fingerprint density at radius 3 is 2.83 bits per heavy atom. The number of nitrogens with zero attached hydrogens (tertiary/aromatic N) is 1. The van der Waals surface area contributed by atoms with Gasteiger partial charge in [0.2, 0.25) is 0 Å². The van der Waals surface area contributed by atoms with E-state index in [0.717, 1.165) is 5.82 Å². The second kappa shape index (κ2) is 6.39. The van der Waals surface area contributed by atoms with Crippen molar-refractivity contribution in [2.24, 2.45) is 0 Å². The Morgan fingerprint density at radius 1 is 1.17 bits per heavy atom. The molecule has 1 unspecified atom stereocenters. The van der Waals surface area contributed by atoms with Crippen molar-refractivity contribution in [2.45, 2.75) is 45.6 Å². The van der Waals surface area contributed by atoms with Gasteiger partial charge in [-0.1, -0.05) is 50.5 Å². The number of unbranched alkanes of at least 4 members (excludes halogenated alkanes) is 2. The number of hydrogen-bond donors (Lipinski definition) is 1. The highest BCUT2D eigenvalue weighted by atomic mass is 15.0. The molecule has 0 spiro atoms. The Morgan fingerprint density at radius 2 is 2.00 bits per heavy atom. The Balaban J connectivity index is 2.07. The molecular formula is C16H22N2. The molecule has 0 bridgehead atoms. The summed E-state index contributed by atoms with van der Waals surface area (Å²) in [4.78, 5) is 4.46. The fourth-order valence-electron chi connectivity index (χ4n) is 2.24. The van der Waals surface area contributed by atoms with Crippen LogP contribution >= 0.6 is 0 Å². The number of fused-ring (bicyclic) bond motifs is 1. The van der Waals surface area contributed by atoms with Gasteiger partial charge in [0.25, 0.3) is 0 Å². The summed E-state index contributed by atoms with van der Waals surface area (Å²) in [5, 5.41) is 5.99. The molecule has 0 aliphatic rings. The first-order valence-corrected chi connectivity index (χ1v) is 6.91. The molecule has 2 aromatic rings. The number of hydrogen-bond acceptors (Lipinski definition) is 2. The number of aromatic nitrogens is 1. The minimum absolute atomic E-state index is 0.481. The quantitative estimate of drug-likeness (QED) is 0.748. The number of pyridine rings is 1. The molecule has 0 saturated carbocycles. The highest BCUT2D eigenvalue weighted by molar-refractivity contribution is 5.91. The molecule has 0 aliphatic heterocycles. The maximum atomic E-state index is 4.46. The van der Waals surface area contributed by atoms with Gasteiger partial charge in [0.05, 0.1) is 0 Å². The van der Waals surface area contributed by atoms with Crippen LogP contribution in [0.25, 0.3) is 10.8 Å². The first-order chi connectivity index (χ1) is 8.81. The van der Waals surface area contributed by atoms with Crippen LogP contribution in [0.15, 0.2) is 36.5 Å². The molecule has 1 N–H and O–H groups in total. The summed E-state index contributed by atoms with van der Waals surface area (Å²) in [7, 11) is 0. The third-order valence-electron chi connectivity index (χ3n) is 3.30. The van der Waals surface area contributed by atoms with E-state index in [4.69, 9.17) is 0 Å². The van der Waals surface area contributed by atoms with Gasteiger partial charge in [0.15, 0.2) is 0 Å². The summed E-state index contributed by atoms with van der Waals surface area (Å²) in [6.07, 6.45) is 6.96. The molecular weight excluding hydrogens is 220 g/mol. The molecule has 2 heteroatoms. The van der Waals surface area contributed by atoms with Crippen LogP contribution in [-0.2, 0) is 0 Å². The van der Waals surface area contributed by atoms with E-state index in [1.54, 1.807) is 0 Å². The third-order valence-corrected chi connectivity index (χ3v) is 3.30. The molecule has 1 atom stereocenters. The predicted octanol–water partition coefficient (Wildman–Crippen LogP) is 4.62. The van der Waals surface area contributed by atoms with Crippen LogP contribution in [0.5, 0.6) is 0 Å². The molecule has 0 radical (unpaired) electrons. The van der Waals surface area contributed by atoms with Crippen molar-refractivity contribution in [1.82, 2.24) is 4.98 Å². The maximum absolute atomic E-state index is 4.46. The zero-order chi connectivity index (χ0) is 12.8. The van der Waals surface area contributed by atoms with Crippen LogP contribution in [0.3, 0.4) is 0 Å². The monoisotopic (exact) mass is 242 g/mol. The lowest BCUT2D eigenvalue weighted by atomic mass is 10.1. The second-order valence-corrected chi connectivity index (χ2v) is 4.92. The Labute approximate surface area is 109 Å². The van der Waals surface area contributed by atoms with E-state index in [1.165, 1.54) is 36.5 Å². The molecule has 2 nitrogen and oxygen atoms in total. The van der Waals surface area contributed by atoms with E-state index in [1.807, 2.05) is 6.20 Å². The third kappa shape index (κ3) is 3.22. The van der Waals surface area contributed by atoms with Crippen molar-refractivity contribution < 1.29 is 0 Å². The lowest BCUT2D eigenvalue weighted by Crippen LogP contribution is -2.16. The Hall–Kier alpha value is -1.57. The topological polar surface area (TPSA) is 24.9 Å². The van der Waals surface area contributed by atoms with Crippen LogP contribution in [0, 0.1) is 0 Å². The fraction of sp³-hybridized carbons (Fsp3) is 0.438. The van der Waals surface area contributed by atoms with E-state index >= 15 is 0 Å². The van der Waals surface area contributed by atoms with Crippen molar-refractivity contribution in [2.75, 3.05) is 5.32 Å². The summed E-state index contributed by atoms with van der Waals surface area (Å²) < 4.78 is 0. The largest absolute Gasteiger partial charge is 0.367 e. The fourth-order valence-corrected chi connectivity index (χ4v) is 2.24. The summed E-state index contributed by atoms with van der Waals surface area (Å²) in [5.41, 5.74) is 0. The standard InChI is InChI=1S/C16H22N2/c1-3-4-5-8-13(2)18-16-15-10-7-6-9-14(15)11-12-17-16/h6-7,9-13H,3-5,8H2,1-2H3,(H,17,18). The average molecular weight is 242 g/mol. The van der Waals surface area contributed by atoms with Gasteiger partial charge in [-0.25, -0.2) is 4.98 Å². The van der Waals surface area contributed by atoms with Crippen LogP contribution in [0.4, 0.5) is 5.82 Å². The van der Waals surface area contributed by atoms with E-state index in [-0.39, 0.29) is 0 Å². The molecule has 1 heterocycles. The number of rotatable bonds is 6. The summed E-state index contributed by atoms with van der Waals surface area (Å²) >= 11 is 0. The van der Waals surface area contributed by atoms with E-state index < -0.39 is 0 Å². The van der Waals surface area contributed by atoms with Gasteiger partial charge >= 0.3 is 0 Å². The van der Waals surface area contributed by atoms with Crippen molar-refractivity contribution in [3.05, 3.63) is 36.5 Å². The molecule has 0 amide bonds. The Bertz CT molecular complexity index is 488. The molecule has 0 saturated heterocycles. The van der Waals surface area contributed by atoms with E-state index in [9.17, 15) is 0 Å². The van der Waals surface area contributed by atoms with Crippen molar-refractivity contribution >= 4 is 16.6 Å². The van der Waals surface area contributed by atoms with Crippen LogP contribution in [-0.4, -0.2) is 11.0 Å². The Kier molecular flexibility index (Phi) is 4.57. The van der Waals surface area contributed by atoms with Crippen LogP contribution in [0.1, 0.15) is 39.5 Å². The molecule has 1 aromatic carbocycles. The second-order valence-electron chi connectivity index (χ2n) is 4.92. The molecule has 0 aliphatic carbocycles. The predicted molar refractivity (Wildman–Crippen MR) is 79.0 cm³/mol. The summed E-state index contributed by atoms with van der Waals surface area (Å²) in [6, 6.07) is 10.9. The van der Waals surface area contributed by atoms with Crippen LogP contribution < -0.4 is 5.32 Å². The molecule has 2 rings (SSSR count). The average Bonchev–Trinajstić information content (AvgIpc) is 2.39. The SMILES string of the molecule is CCCCCC(C)Nc1nccc2ccccc12. The molecule has 18 heavy (non-hydrogen) atoms. The van der Waals surface area contributed by atoms with Gasteiger partial charge in [-0.2, -0.15) is 0 Å². The number of benzene rings is 1. The lowest BCUT2D eigenvalue weighted by molar-refractivity contribution is 0.614. The van der Waals surface area contributed by atoms with Crippen molar-refractivity contribution in [3.8, 4) is 0 Å². The molecule has 1 aromatic heterocycles. The maximum Gasteiger partial charge on any atom is 0.134 e. The normalized spacial score (nSPS) is 12.6. The summed E-state index contributed by atoms with van der Waals surface area (Å²) in [5.74, 6) is 1.01. The van der Waals surface area contributed by atoms with Gasteiger partial charge in [0.1, 0.15) is 5.82 Å². The summed E-state index contributed by atoms with van der Waals surface area (Å²) in [6.45, 7) is 4.48. The van der Waals surface area contributed by atoms with Gasteiger partial charge in [0, 0.05) is 17.6 Å². The number of nitrogens with one attached hydrogen (secondary N) is 1. The first-order valence-electron chi connectivity index (χ1n) is 6.91. The highest BCUT2D eigenvalue weighted by Gasteiger charge is 2.05. The number of anilines is 1. The van der Waals surface area contributed by atoms with Gasteiger partial charge < -0.3 is 5.32 Å². The zero-order valence-electron chi connectivity index (χ0n) is 11.3. The zero-order valence-corrected chi connectivity index (χ0v) is 11.3. The van der Waals surface area contributed by atoms with Crippen LogP contribution in [0.2, 0.25) is 0 Å². The van der Waals surface area contributed by atoms with E-state index in [2.05, 4.69) is 54.5 Å². The minimum atomic E-state index is 0.481. The van der Waals surface area contributed by atoms with Gasteiger partial charge in [-0.15, -0.1) is 0 Å². The first kappa shape index (κ1) is 12.9. The smallest absolute Gasteiger partial charge is 0.134 e. The minimum Gasteiger partial charge on any atom is -0.367 e. The molecule has 96 valence electrons.